The summed E-state index contributed by atoms with van der Waals surface area (Å²) in [5.74, 6) is 0. The molecule has 0 N–H and O–H groups in total. The highest BCUT2D eigenvalue weighted by atomic mass is 14.7. The predicted molar refractivity (Wildman–Crippen MR) is 68.6 cm³/mol. The van der Waals surface area contributed by atoms with Crippen molar-refractivity contribution in [2.24, 2.45) is 0 Å². The van der Waals surface area contributed by atoms with Crippen LogP contribution in [0, 0.1) is 27.7 Å². The minimum atomic E-state index is 1.06. The molecule has 1 nitrogen and oxygen atoms in total. The van der Waals surface area contributed by atoms with Crippen LogP contribution in [0.2, 0.25) is 0 Å². The normalized spacial score (nSPS) is 10.5. The average Bonchev–Trinajstić information content (AvgIpc) is 2.25. The molecular weight excluding hydrogens is 194 g/mol. The SMILES string of the molecule is Cc1ccnc(-c2cc(C)c(C)c(C)c2)c1. The monoisotopic (exact) mass is 211 g/mol. The molecule has 0 saturated carbocycles. The fourth-order valence-electron chi connectivity index (χ4n) is 1.88. The van der Waals surface area contributed by atoms with E-state index in [4.69, 9.17) is 0 Å². The molecule has 0 bridgehead atoms. The van der Waals surface area contributed by atoms with Crippen molar-refractivity contribution in [3.05, 3.63) is 52.7 Å². The topological polar surface area (TPSA) is 12.9 Å². The highest BCUT2D eigenvalue weighted by Crippen LogP contribution is 2.23. The third kappa shape index (κ3) is 1.99. The molecule has 82 valence electrons. The molecule has 1 aromatic heterocycles. The van der Waals surface area contributed by atoms with Gasteiger partial charge in [0.15, 0.2) is 0 Å². The van der Waals surface area contributed by atoms with E-state index in [-0.39, 0.29) is 0 Å². The van der Waals surface area contributed by atoms with Crippen LogP contribution in [0.25, 0.3) is 11.3 Å². The Balaban J connectivity index is 2.57. The zero-order valence-electron chi connectivity index (χ0n) is 10.3. The van der Waals surface area contributed by atoms with E-state index in [1.54, 1.807) is 0 Å². The molecule has 0 fully saturated rings. The number of pyridine rings is 1. The van der Waals surface area contributed by atoms with Crippen molar-refractivity contribution in [1.82, 2.24) is 4.98 Å². The zero-order chi connectivity index (χ0) is 11.7. The van der Waals surface area contributed by atoms with Gasteiger partial charge in [-0.15, -0.1) is 0 Å². The molecule has 1 heterocycles. The molecule has 0 radical (unpaired) electrons. The second-order valence-electron chi connectivity index (χ2n) is 4.45. The maximum Gasteiger partial charge on any atom is 0.0704 e. The van der Waals surface area contributed by atoms with E-state index < -0.39 is 0 Å². The number of rotatable bonds is 1. The predicted octanol–water partition coefficient (Wildman–Crippen LogP) is 3.98. The van der Waals surface area contributed by atoms with Gasteiger partial charge in [0.05, 0.1) is 5.69 Å². The van der Waals surface area contributed by atoms with E-state index in [1.165, 1.54) is 27.8 Å². The Morgan fingerprint density at radius 3 is 2.06 bits per heavy atom. The Hall–Kier alpha value is -1.63. The average molecular weight is 211 g/mol. The lowest BCUT2D eigenvalue weighted by Gasteiger charge is -2.09. The fourth-order valence-corrected chi connectivity index (χ4v) is 1.88. The van der Waals surface area contributed by atoms with Crippen molar-refractivity contribution < 1.29 is 0 Å². The van der Waals surface area contributed by atoms with Gasteiger partial charge in [0, 0.05) is 11.8 Å². The van der Waals surface area contributed by atoms with Crippen LogP contribution in [0.1, 0.15) is 22.3 Å². The Bertz CT molecular complexity index is 504. The van der Waals surface area contributed by atoms with Crippen LogP contribution >= 0.6 is 0 Å². The van der Waals surface area contributed by atoms with Crippen molar-refractivity contribution in [1.29, 1.82) is 0 Å². The maximum absolute atomic E-state index is 4.42. The van der Waals surface area contributed by atoms with Crippen molar-refractivity contribution in [3.8, 4) is 11.3 Å². The summed E-state index contributed by atoms with van der Waals surface area (Å²) in [6, 6.07) is 8.58. The van der Waals surface area contributed by atoms with Gasteiger partial charge < -0.3 is 0 Å². The van der Waals surface area contributed by atoms with Gasteiger partial charge in [-0.3, -0.25) is 4.98 Å². The van der Waals surface area contributed by atoms with Gasteiger partial charge in [-0.1, -0.05) is 0 Å². The number of hydrogen-bond donors (Lipinski definition) is 0. The molecule has 0 aliphatic rings. The smallest absolute Gasteiger partial charge is 0.0704 e. The number of aromatic nitrogens is 1. The van der Waals surface area contributed by atoms with E-state index >= 15 is 0 Å². The summed E-state index contributed by atoms with van der Waals surface area (Å²) in [5, 5.41) is 0. The minimum absolute atomic E-state index is 1.06. The first kappa shape index (κ1) is 10.9. The van der Waals surface area contributed by atoms with Crippen LogP contribution in [0.15, 0.2) is 30.5 Å². The Morgan fingerprint density at radius 1 is 0.875 bits per heavy atom. The second kappa shape index (κ2) is 4.09. The summed E-state index contributed by atoms with van der Waals surface area (Å²) in [6.07, 6.45) is 1.87. The van der Waals surface area contributed by atoms with Crippen LogP contribution in [0.3, 0.4) is 0 Å². The van der Waals surface area contributed by atoms with E-state index in [2.05, 4.69) is 50.9 Å². The van der Waals surface area contributed by atoms with Crippen LogP contribution in [0.5, 0.6) is 0 Å². The van der Waals surface area contributed by atoms with Crippen molar-refractivity contribution in [2.45, 2.75) is 27.7 Å². The second-order valence-corrected chi connectivity index (χ2v) is 4.45. The van der Waals surface area contributed by atoms with Crippen LogP contribution in [0.4, 0.5) is 0 Å². The summed E-state index contributed by atoms with van der Waals surface area (Å²) >= 11 is 0. The van der Waals surface area contributed by atoms with Gasteiger partial charge >= 0.3 is 0 Å². The lowest BCUT2D eigenvalue weighted by atomic mass is 9.98. The Morgan fingerprint density at radius 2 is 1.50 bits per heavy atom. The molecule has 16 heavy (non-hydrogen) atoms. The molecule has 0 spiro atoms. The molecule has 2 aromatic rings. The van der Waals surface area contributed by atoms with Crippen LogP contribution in [-0.4, -0.2) is 4.98 Å². The first-order valence-electron chi connectivity index (χ1n) is 5.59. The first-order chi connectivity index (χ1) is 7.58. The maximum atomic E-state index is 4.42. The molecule has 0 atom stereocenters. The largest absolute Gasteiger partial charge is 0.256 e. The van der Waals surface area contributed by atoms with Crippen LogP contribution in [-0.2, 0) is 0 Å². The van der Waals surface area contributed by atoms with Crippen LogP contribution < -0.4 is 0 Å². The fraction of sp³-hybridized carbons (Fsp3) is 0.267. The molecule has 0 aliphatic heterocycles. The third-order valence-electron chi connectivity index (χ3n) is 3.14. The molecular formula is C15H17N. The van der Waals surface area contributed by atoms with Crippen molar-refractivity contribution in [3.63, 3.8) is 0 Å². The zero-order valence-corrected chi connectivity index (χ0v) is 10.3. The number of benzene rings is 1. The highest BCUT2D eigenvalue weighted by molar-refractivity contribution is 5.63. The molecule has 1 heteroatoms. The number of aryl methyl sites for hydroxylation is 3. The van der Waals surface area contributed by atoms with E-state index in [1.807, 2.05) is 12.3 Å². The quantitative estimate of drug-likeness (QED) is 0.695. The van der Waals surface area contributed by atoms with Gasteiger partial charge in [0.25, 0.3) is 0 Å². The van der Waals surface area contributed by atoms with E-state index in [9.17, 15) is 0 Å². The Kier molecular flexibility index (Phi) is 2.78. The standard InChI is InChI=1S/C15H17N/c1-10-5-6-16-15(7-10)14-8-11(2)13(4)12(3)9-14/h5-9H,1-4H3. The number of nitrogens with zero attached hydrogens (tertiary/aromatic N) is 1. The molecule has 0 saturated heterocycles. The Labute approximate surface area is 97.2 Å². The highest BCUT2D eigenvalue weighted by Gasteiger charge is 2.04. The van der Waals surface area contributed by atoms with Gasteiger partial charge in [-0.05, 0) is 74.2 Å². The third-order valence-corrected chi connectivity index (χ3v) is 3.14. The number of hydrogen-bond acceptors (Lipinski definition) is 1. The lowest BCUT2D eigenvalue weighted by molar-refractivity contribution is 1.24. The molecule has 0 amide bonds. The first-order valence-corrected chi connectivity index (χ1v) is 5.59. The van der Waals surface area contributed by atoms with Gasteiger partial charge in [-0.2, -0.15) is 0 Å². The lowest BCUT2D eigenvalue weighted by Crippen LogP contribution is -1.90. The summed E-state index contributed by atoms with van der Waals surface area (Å²) in [4.78, 5) is 4.42. The van der Waals surface area contributed by atoms with E-state index in [0.717, 1.165) is 5.69 Å². The van der Waals surface area contributed by atoms with Gasteiger partial charge in [-0.25, -0.2) is 0 Å². The van der Waals surface area contributed by atoms with Gasteiger partial charge in [0.1, 0.15) is 0 Å². The molecule has 2 rings (SSSR count). The summed E-state index contributed by atoms with van der Waals surface area (Å²) in [7, 11) is 0. The summed E-state index contributed by atoms with van der Waals surface area (Å²) in [6.45, 7) is 8.57. The molecule has 0 aliphatic carbocycles. The van der Waals surface area contributed by atoms with Crippen molar-refractivity contribution in [2.75, 3.05) is 0 Å². The summed E-state index contributed by atoms with van der Waals surface area (Å²) in [5.41, 5.74) is 7.56. The minimum Gasteiger partial charge on any atom is -0.256 e. The summed E-state index contributed by atoms with van der Waals surface area (Å²) < 4.78 is 0. The van der Waals surface area contributed by atoms with Crippen molar-refractivity contribution >= 4 is 0 Å². The van der Waals surface area contributed by atoms with Gasteiger partial charge in [0.2, 0.25) is 0 Å². The molecule has 0 unspecified atom stereocenters. The van der Waals surface area contributed by atoms with E-state index in [0.29, 0.717) is 0 Å². The molecule has 1 aromatic carbocycles.